The van der Waals surface area contributed by atoms with Crippen LogP contribution in [0.15, 0.2) is 29.2 Å². The summed E-state index contributed by atoms with van der Waals surface area (Å²) < 4.78 is 28.5. The largest absolute Gasteiger partial charge is 0.340 e. The summed E-state index contributed by atoms with van der Waals surface area (Å²) in [6, 6.07) is 7.21. The van der Waals surface area contributed by atoms with Crippen molar-refractivity contribution in [3.8, 4) is 0 Å². The van der Waals surface area contributed by atoms with Crippen LogP contribution in [0.4, 0.5) is 0 Å². The molecule has 7 nitrogen and oxygen atoms in total. The van der Waals surface area contributed by atoms with Crippen LogP contribution in [0.1, 0.15) is 57.4 Å². The van der Waals surface area contributed by atoms with E-state index in [9.17, 15) is 13.2 Å². The van der Waals surface area contributed by atoms with Crippen LogP contribution in [0.5, 0.6) is 0 Å². The third kappa shape index (κ3) is 7.01. The number of piperidine rings is 1. The highest BCUT2D eigenvalue weighted by molar-refractivity contribution is 7.89. The summed E-state index contributed by atoms with van der Waals surface area (Å²) in [5, 5.41) is 3.25. The summed E-state index contributed by atoms with van der Waals surface area (Å²) in [6.07, 6.45) is 4.75. The zero-order valence-corrected chi connectivity index (χ0v) is 20.6. The molecule has 0 spiro atoms. The Kier molecular flexibility index (Phi) is 9.52. The lowest BCUT2D eigenvalue weighted by molar-refractivity contribution is -0.131. The van der Waals surface area contributed by atoms with Crippen molar-refractivity contribution in [2.24, 2.45) is 0 Å². The van der Waals surface area contributed by atoms with E-state index < -0.39 is 10.0 Å². The fourth-order valence-electron chi connectivity index (χ4n) is 4.47. The zero-order valence-electron chi connectivity index (χ0n) is 19.8. The molecule has 0 aromatic heterocycles. The van der Waals surface area contributed by atoms with Crippen molar-refractivity contribution in [1.29, 1.82) is 0 Å². The number of carbonyl (C=O) groups excluding carboxylic acids is 1. The van der Waals surface area contributed by atoms with E-state index in [2.05, 4.69) is 24.1 Å². The Labute approximate surface area is 194 Å². The Bertz CT molecular complexity index is 814. The van der Waals surface area contributed by atoms with Crippen LogP contribution in [0.3, 0.4) is 0 Å². The van der Waals surface area contributed by atoms with Gasteiger partial charge >= 0.3 is 0 Å². The summed E-state index contributed by atoms with van der Waals surface area (Å²) in [5.74, 6) is 0.391. The number of piperazine rings is 1. The first kappa shape index (κ1) is 25.1. The number of nitrogens with one attached hydrogen (secondary N) is 1. The second kappa shape index (κ2) is 12.1. The predicted octanol–water partition coefficient (Wildman–Crippen LogP) is 2.50. The van der Waals surface area contributed by atoms with E-state index in [-0.39, 0.29) is 18.9 Å². The molecule has 2 fully saturated rings. The summed E-state index contributed by atoms with van der Waals surface area (Å²) >= 11 is 0. The highest BCUT2D eigenvalue weighted by Crippen LogP contribution is 2.21. The number of amides is 1. The van der Waals surface area contributed by atoms with E-state index in [1.54, 1.807) is 12.1 Å². The normalized spacial score (nSPS) is 18.4. The van der Waals surface area contributed by atoms with Gasteiger partial charge < -0.3 is 15.1 Å². The van der Waals surface area contributed by atoms with Crippen molar-refractivity contribution in [2.75, 3.05) is 58.9 Å². The minimum absolute atomic E-state index is 0.0397. The van der Waals surface area contributed by atoms with Crippen LogP contribution in [-0.2, 0) is 14.8 Å². The van der Waals surface area contributed by atoms with Gasteiger partial charge in [0.2, 0.25) is 15.9 Å². The number of likely N-dealkylation sites (tertiary alicyclic amines) is 1. The molecule has 3 rings (SSSR count). The quantitative estimate of drug-likeness (QED) is 0.576. The van der Waals surface area contributed by atoms with E-state index in [0.29, 0.717) is 30.4 Å². The lowest BCUT2D eigenvalue weighted by Crippen LogP contribution is -2.47. The van der Waals surface area contributed by atoms with Gasteiger partial charge in [-0.05, 0) is 62.5 Å². The van der Waals surface area contributed by atoms with Crippen molar-refractivity contribution in [3.05, 3.63) is 29.8 Å². The Morgan fingerprint density at radius 3 is 2.28 bits per heavy atom. The van der Waals surface area contributed by atoms with Crippen LogP contribution in [-0.4, -0.2) is 87.3 Å². The molecular weight excluding hydrogens is 424 g/mol. The van der Waals surface area contributed by atoms with Gasteiger partial charge in [0.1, 0.15) is 0 Å². The van der Waals surface area contributed by atoms with Gasteiger partial charge in [0.25, 0.3) is 0 Å². The van der Waals surface area contributed by atoms with E-state index >= 15 is 0 Å². The van der Waals surface area contributed by atoms with Crippen molar-refractivity contribution in [2.45, 2.75) is 56.8 Å². The molecule has 2 saturated heterocycles. The van der Waals surface area contributed by atoms with Gasteiger partial charge in [0.15, 0.2) is 0 Å². The van der Waals surface area contributed by atoms with E-state index in [1.807, 2.05) is 17.0 Å². The van der Waals surface area contributed by atoms with Gasteiger partial charge in [-0.2, -0.15) is 4.31 Å². The molecule has 0 aliphatic carbocycles. The number of benzene rings is 1. The summed E-state index contributed by atoms with van der Waals surface area (Å²) in [7, 11) is -3.64. The number of sulfonamides is 1. The molecule has 1 aromatic rings. The molecular formula is C24H40N4O3S. The Morgan fingerprint density at radius 1 is 1.00 bits per heavy atom. The van der Waals surface area contributed by atoms with Crippen molar-refractivity contribution in [3.63, 3.8) is 0 Å². The van der Waals surface area contributed by atoms with Crippen LogP contribution < -0.4 is 5.32 Å². The summed E-state index contributed by atoms with van der Waals surface area (Å²) in [5.41, 5.74) is 1.12. The van der Waals surface area contributed by atoms with Crippen LogP contribution in [0.2, 0.25) is 0 Å². The van der Waals surface area contributed by atoms with Gasteiger partial charge in [-0.1, -0.05) is 32.4 Å². The van der Waals surface area contributed by atoms with Crippen LogP contribution in [0, 0.1) is 0 Å². The predicted molar refractivity (Wildman–Crippen MR) is 128 cm³/mol. The minimum atomic E-state index is -3.64. The highest BCUT2D eigenvalue weighted by atomic mass is 32.2. The van der Waals surface area contributed by atoms with Gasteiger partial charge in [-0.3, -0.25) is 4.79 Å². The topological polar surface area (TPSA) is 73.0 Å². The standard InChI is InChI=1S/C24H40N4O3S/c1-21(2)22-7-9-23(10-8-22)32(30,31)28(17-6-16-26-14-4-3-5-15-26)18-11-24(29)27-19-12-25-13-20-27/h7-10,21,25H,3-6,11-20H2,1-2H3. The first-order valence-electron chi connectivity index (χ1n) is 12.2. The monoisotopic (exact) mass is 464 g/mol. The second-order valence-electron chi connectivity index (χ2n) is 9.26. The number of hydrogen-bond donors (Lipinski definition) is 1. The Hall–Kier alpha value is -1.48. The molecule has 0 atom stereocenters. The first-order chi connectivity index (χ1) is 15.4. The minimum Gasteiger partial charge on any atom is -0.340 e. The van der Waals surface area contributed by atoms with E-state index in [1.165, 1.54) is 23.6 Å². The number of nitrogens with zero attached hydrogens (tertiary/aromatic N) is 3. The smallest absolute Gasteiger partial charge is 0.243 e. The van der Waals surface area contributed by atoms with Gasteiger partial charge in [-0.15, -0.1) is 0 Å². The number of carbonyl (C=O) groups is 1. The van der Waals surface area contributed by atoms with Crippen molar-refractivity contribution < 1.29 is 13.2 Å². The molecule has 180 valence electrons. The van der Waals surface area contributed by atoms with Crippen LogP contribution in [0.25, 0.3) is 0 Å². The third-order valence-corrected chi connectivity index (χ3v) is 8.47. The lowest BCUT2D eigenvalue weighted by Gasteiger charge is -2.30. The molecule has 0 radical (unpaired) electrons. The lowest BCUT2D eigenvalue weighted by atomic mass is 10.0. The van der Waals surface area contributed by atoms with E-state index in [0.717, 1.165) is 44.7 Å². The highest BCUT2D eigenvalue weighted by Gasteiger charge is 2.26. The molecule has 32 heavy (non-hydrogen) atoms. The maximum Gasteiger partial charge on any atom is 0.243 e. The fourth-order valence-corrected chi connectivity index (χ4v) is 5.95. The van der Waals surface area contributed by atoms with Gasteiger partial charge in [0.05, 0.1) is 4.90 Å². The van der Waals surface area contributed by atoms with Crippen LogP contribution >= 0.6 is 0 Å². The number of rotatable bonds is 10. The molecule has 8 heteroatoms. The van der Waals surface area contributed by atoms with Gasteiger partial charge in [0, 0.05) is 45.7 Å². The molecule has 1 amide bonds. The average molecular weight is 465 g/mol. The second-order valence-corrected chi connectivity index (χ2v) is 11.2. The first-order valence-corrected chi connectivity index (χ1v) is 13.6. The molecule has 2 aliphatic heterocycles. The molecule has 0 unspecified atom stereocenters. The molecule has 1 N–H and O–H groups in total. The maximum absolute atomic E-state index is 13.5. The van der Waals surface area contributed by atoms with E-state index in [4.69, 9.17) is 0 Å². The zero-order chi connectivity index (χ0) is 23.0. The molecule has 0 saturated carbocycles. The molecule has 2 aliphatic rings. The molecule has 1 aromatic carbocycles. The number of hydrogen-bond acceptors (Lipinski definition) is 5. The maximum atomic E-state index is 13.5. The van der Waals surface area contributed by atoms with Crippen molar-refractivity contribution in [1.82, 2.24) is 19.4 Å². The Morgan fingerprint density at radius 2 is 1.66 bits per heavy atom. The SMILES string of the molecule is CC(C)c1ccc(S(=O)(=O)N(CCCN2CCCCC2)CCC(=O)N2CCNCC2)cc1. The Balaban J connectivity index is 1.66. The molecule has 0 bridgehead atoms. The van der Waals surface area contributed by atoms with Crippen molar-refractivity contribution >= 4 is 15.9 Å². The summed E-state index contributed by atoms with van der Waals surface area (Å²) in [4.78, 5) is 17.3. The fraction of sp³-hybridized carbons (Fsp3) is 0.708. The third-order valence-electron chi connectivity index (χ3n) is 6.56. The van der Waals surface area contributed by atoms with Gasteiger partial charge in [-0.25, -0.2) is 8.42 Å². The summed E-state index contributed by atoms with van der Waals surface area (Å²) in [6.45, 7) is 11.0. The average Bonchev–Trinajstić information content (AvgIpc) is 2.82. The molecule has 2 heterocycles.